The summed E-state index contributed by atoms with van der Waals surface area (Å²) in [5.41, 5.74) is 8.98. The van der Waals surface area contributed by atoms with Gasteiger partial charge in [-0.2, -0.15) is 33.5 Å². The highest BCUT2D eigenvalue weighted by Gasteiger charge is 2.75. The number of aromatic nitrogens is 4. The summed E-state index contributed by atoms with van der Waals surface area (Å²) in [5.74, 6) is 0.112. The number of halogens is 1. The van der Waals surface area contributed by atoms with Crippen LogP contribution in [0.5, 0.6) is 0 Å². The van der Waals surface area contributed by atoms with E-state index in [1.54, 1.807) is 67.0 Å². The Hall–Kier alpha value is -4.85. The Balaban J connectivity index is 0.706. The SMILES string of the molecule is C[C@@H]1C[C@H]2C3CCC4=CC(=O)C=C[C@]4(C)[C@@]3(F)[C@@H](O)C[C@]2(C)[C@@]1(O)C(=O)NCCSCCCCCCCCCCSCC[C@H](NC(=O)c1ccc(N(C)Cc2cnc3nc(N)nc(N)c3n2)cc1)C(=O)O. The largest absolute Gasteiger partial charge is 0.480 e. The number of nitrogen functional groups attached to an aromatic ring is 2. The van der Waals surface area contributed by atoms with Gasteiger partial charge in [0, 0.05) is 47.3 Å². The molecule has 1 unspecified atom stereocenters. The number of rotatable bonds is 24. The molecule has 386 valence electrons. The van der Waals surface area contributed by atoms with Gasteiger partial charge in [0.25, 0.3) is 11.8 Å². The van der Waals surface area contributed by atoms with E-state index < -0.39 is 63.9 Å². The summed E-state index contributed by atoms with van der Waals surface area (Å²) in [7, 11) is 1.87. The molecule has 19 heteroatoms. The fourth-order valence-corrected chi connectivity index (χ4v) is 13.9. The van der Waals surface area contributed by atoms with Crippen LogP contribution in [-0.2, 0) is 20.9 Å². The van der Waals surface area contributed by atoms with Crippen LogP contribution in [-0.4, -0.2) is 119 Å². The van der Waals surface area contributed by atoms with Crippen LogP contribution >= 0.6 is 23.5 Å². The third-order valence-electron chi connectivity index (χ3n) is 16.1. The minimum Gasteiger partial charge on any atom is -0.480 e. The first kappa shape index (κ1) is 53.9. The molecule has 3 saturated carbocycles. The number of fused-ring (bicyclic) bond motifs is 6. The highest BCUT2D eigenvalue weighted by atomic mass is 32.2. The maximum absolute atomic E-state index is 17.5. The number of aliphatic hydroxyl groups excluding tert-OH is 1. The summed E-state index contributed by atoms with van der Waals surface area (Å²) >= 11 is 3.49. The van der Waals surface area contributed by atoms with Gasteiger partial charge in [0.05, 0.1) is 24.5 Å². The third-order valence-corrected chi connectivity index (χ3v) is 18.2. The van der Waals surface area contributed by atoms with Crippen LogP contribution < -0.4 is 27.0 Å². The average molecular weight is 1020 g/mol. The van der Waals surface area contributed by atoms with Gasteiger partial charge in [0.15, 0.2) is 34.0 Å². The predicted molar refractivity (Wildman–Crippen MR) is 278 cm³/mol. The number of carbonyl (C=O) groups excluding carboxylic acids is 3. The normalized spacial score (nSPS) is 28.1. The molecule has 3 aromatic rings. The lowest BCUT2D eigenvalue weighted by Gasteiger charge is -2.62. The number of aliphatic hydroxyl groups is 2. The van der Waals surface area contributed by atoms with E-state index in [1.165, 1.54) is 31.4 Å². The lowest BCUT2D eigenvalue weighted by atomic mass is 9.44. The quantitative estimate of drug-likeness (QED) is 0.0453. The van der Waals surface area contributed by atoms with Crippen molar-refractivity contribution >= 4 is 75.7 Å². The monoisotopic (exact) mass is 1020 g/mol. The van der Waals surface area contributed by atoms with Crippen LogP contribution in [0.25, 0.3) is 11.2 Å². The smallest absolute Gasteiger partial charge is 0.326 e. The average Bonchev–Trinajstić information content (AvgIpc) is 3.53. The van der Waals surface area contributed by atoms with Crippen molar-refractivity contribution in [2.24, 2.45) is 28.6 Å². The number of carbonyl (C=O) groups is 4. The predicted octanol–water partition coefficient (Wildman–Crippen LogP) is 6.85. The number of thioether (sulfide) groups is 2. The number of ketones is 1. The Morgan fingerprint density at radius 2 is 1.61 bits per heavy atom. The van der Waals surface area contributed by atoms with Gasteiger partial charge in [-0.3, -0.25) is 14.4 Å². The van der Waals surface area contributed by atoms with Gasteiger partial charge in [-0.1, -0.05) is 64.0 Å². The molecule has 0 radical (unpaired) electrons. The van der Waals surface area contributed by atoms with Crippen molar-refractivity contribution in [1.29, 1.82) is 0 Å². The number of anilines is 3. The van der Waals surface area contributed by atoms with Gasteiger partial charge < -0.3 is 42.3 Å². The highest BCUT2D eigenvalue weighted by Crippen LogP contribution is 2.70. The summed E-state index contributed by atoms with van der Waals surface area (Å²) in [6.07, 6.45) is 15.6. The van der Waals surface area contributed by atoms with Crippen molar-refractivity contribution in [3.63, 3.8) is 0 Å². The number of hydrogen-bond acceptors (Lipinski definition) is 15. The number of carboxylic acid groups (broad SMARTS) is 1. The maximum atomic E-state index is 17.5. The van der Waals surface area contributed by atoms with Crippen molar-refractivity contribution < 1.29 is 38.9 Å². The number of benzene rings is 1. The number of nitrogens with two attached hydrogens (primary N) is 2. The lowest BCUT2D eigenvalue weighted by Crippen LogP contribution is -2.70. The van der Waals surface area contributed by atoms with Crippen molar-refractivity contribution in [3.05, 3.63) is 65.5 Å². The fraction of sp³-hybridized carbons (Fsp3) is 0.615. The van der Waals surface area contributed by atoms with Crippen LogP contribution in [0.3, 0.4) is 0 Å². The van der Waals surface area contributed by atoms with E-state index in [0.29, 0.717) is 72.5 Å². The Morgan fingerprint density at radius 3 is 2.28 bits per heavy atom. The Labute approximate surface area is 424 Å². The second-order valence-corrected chi connectivity index (χ2v) is 23.0. The molecule has 9 N–H and O–H groups in total. The molecular weight excluding hydrogens is 946 g/mol. The molecule has 0 bridgehead atoms. The molecule has 9 atom stereocenters. The molecule has 71 heavy (non-hydrogen) atoms. The van der Waals surface area contributed by atoms with Gasteiger partial charge in [-0.15, -0.1) is 0 Å². The molecule has 0 aliphatic heterocycles. The van der Waals surface area contributed by atoms with E-state index in [-0.39, 0.29) is 29.9 Å². The van der Waals surface area contributed by atoms with E-state index >= 15 is 4.39 Å². The first-order chi connectivity index (χ1) is 33.8. The summed E-state index contributed by atoms with van der Waals surface area (Å²) < 4.78 is 17.5. The number of alkyl halides is 1. The molecule has 2 heterocycles. The minimum atomic E-state index is -2.00. The third kappa shape index (κ3) is 11.2. The van der Waals surface area contributed by atoms with Crippen molar-refractivity contribution in [1.82, 2.24) is 30.6 Å². The number of carboxylic acids is 1. The number of hydrogen-bond donors (Lipinski definition) is 7. The Morgan fingerprint density at radius 1 is 0.944 bits per heavy atom. The number of nitrogens with one attached hydrogen (secondary N) is 2. The van der Waals surface area contributed by atoms with Crippen LogP contribution in [0.15, 0.2) is 54.3 Å². The van der Waals surface area contributed by atoms with Crippen LogP contribution in [0.2, 0.25) is 0 Å². The zero-order valence-corrected chi connectivity index (χ0v) is 43.1. The summed E-state index contributed by atoms with van der Waals surface area (Å²) in [4.78, 5) is 69.7. The van der Waals surface area contributed by atoms with Crippen molar-refractivity contribution in [3.8, 4) is 0 Å². The van der Waals surface area contributed by atoms with Crippen LogP contribution in [0.4, 0.5) is 21.8 Å². The minimum absolute atomic E-state index is 0.0258. The zero-order chi connectivity index (χ0) is 51.1. The van der Waals surface area contributed by atoms with Crippen molar-refractivity contribution in [2.75, 3.05) is 53.0 Å². The van der Waals surface area contributed by atoms with E-state index in [0.717, 1.165) is 55.1 Å². The molecule has 7 rings (SSSR count). The molecule has 2 amide bonds. The van der Waals surface area contributed by atoms with Crippen LogP contribution in [0, 0.1) is 28.6 Å². The second-order valence-electron chi connectivity index (χ2n) is 20.5. The number of aliphatic carboxylic acids is 1. The zero-order valence-electron chi connectivity index (χ0n) is 41.5. The topological polar surface area (TPSA) is 260 Å². The second kappa shape index (κ2) is 22.9. The molecule has 0 saturated heterocycles. The Bertz CT molecular complexity index is 2480. The standard InChI is InChI=1S/C52H72FN9O7S2/c1-32-27-39-38-18-15-34-28-37(63)19-21-49(34,2)51(38,53)41(64)29-50(39,3)52(32,69)47(68)56-22-26-71-24-12-10-8-6-5-7-9-11-23-70-25-20-40(46(66)67)59-45(65)33-13-16-36(17-14-33)62(4)31-35-30-57-44-42(58-35)43(54)60-48(55)61-44/h13-14,16-17,19,21,28,30,32,38-41,64,69H,5-12,15,18,20,22-27,29,31H2,1-4H3,(H,56,68)(H,59,65)(H,66,67)(H4,54,55,57,60,61)/t32-,38?,39+,40+,41+,49+,50+,51+,52+/m1/s1. The number of allylic oxidation sites excluding steroid dienone is 4. The van der Waals surface area contributed by atoms with Gasteiger partial charge in [0.1, 0.15) is 6.04 Å². The first-order valence-corrected chi connectivity index (χ1v) is 27.5. The summed E-state index contributed by atoms with van der Waals surface area (Å²) in [6, 6.07) is 5.91. The Kier molecular flexibility index (Phi) is 17.4. The molecule has 1 aromatic carbocycles. The first-order valence-electron chi connectivity index (χ1n) is 25.2. The van der Waals surface area contributed by atoms with Gasteiger partial charge in [-0.05, 0) is 117 Å². The summed E-state index contributed by atoms with van der Waals surface area (Å²) in [5, 5.41) is 39.3. The molecule has 3 fully saturated rings. The fourth-order valence-electron chi connectivity index (χ4n) is 12.0. The van der Waals surface area contributed by atoms with E-state index in [2.05, 4.69) is 30.6 Å². The van der Waals surface area contributed by atoms with E-state index in [1.807, 2.05) is 25.8 Å². The number of amides is 2. The van der Waals surface area contributed by atoms with E-state index in [4.69, 9.17) is 11.5 Å². The summed E-state index contributed by atoms with van der Waals surface area (Å²) in [6.45, 7) is 6.33. The molecule has 0 spiro atoms. The number of unbranched alkanes of at least 4 members (excludes halogenated alkanes) is 7. The van der Waals surface area contributed by atoms with Gasteiger partial charge in [-0.25, -0.2) is 19.2 Å². The number of nitrogens with zero attached hydrogens (tertiary/aromatic N) is 5. The molecule has 4 aliphatic rings. The molecule has 16 nitrogen and oxygen atoms in total. The molecule has 2 aromatic heterocycles. The van der Waals surface area contributed by atoms with Gasteiger partial charge in [0.2, 0.25) is 5.95 Å². The lowest BCUT2D eigenvalue weighted by molar-refractivity contribution is -0.219. The van der Waals surface area contributed by atoms with Gasteiger partial charge >= 0.3 is 5.97 Å². The van der Waals surface area contributed by atoms with Crippen molar-refractivity contribution in [2.45, 2.75) is 134 Å². The van der Waals surface area contributed by atoms with E-state index in [9.17, 15) is 34.5 Å². The van der Waals surface area contributed by atoms with Crippen LogP contribution in [0.1, 0.15) is 120 Å². The highest BCUT2D eigenvalue weighted by molar-refractivity contribution is 7.99. The maximum Gasteiger partial charge on any atom is 0.326 e. The molecule has 4 aliphatic carbocycles. The molecular formula is C52H72FN9O7S2.